The van der Waals surface area contributed by atoms with Crippen molar-refractivity contribution in [1.82, 2.24) is 0 Å². The first kappa shape index (κ1) is 25.4. The number of anilines is 2. The Bertz CT molecular complexity index is 1410. The summed E-state index contributed by atoms with van der Waals surface area (Å²) in [6.45, 7) is 1.49. The number of hydrogen-bond acceptors (Lipinski definition) is 3. The molecule has 38 heavy (non-hydrogen) atoms. The van der Waals surface area contributed by atoms with Crippen LogP contribution in [0.5, 0.6) is 0 Å². The molecule has 5 nitrogen and oxygen atoms in total. The van der Waals surface area contributed by atoms with Crippen molar-refractivity contribution in [2.45, 2.75) is 49.8 Å². The summed E-state index contributed by atoms with van der Waals surface area (Å²) in [7, 11) is -4.00. The molecule has 0 atom stereocenters. The lowest BCUT2D eigenvalue weighted by molar-refractivity contribution is -0.114. The molecule has 0 unspecified atom stereocenters. The molecule has 0 heterocycles. The third-order valence-electron chi connectivity index (χ3n) is 8.88. The summed E-state index contributed by atoms with van der Waals surface area (Å²) in [6.07, 6.45) is 6.91. The molecule has 1 amide bonds. The van der Waals surface area contributed by atoms with E-state index in [1.54, 1.807) is 12.1 Å². The number of nitrogens with one attached hydrogen (secondary N) is 1. The van der Waals surface area contributed by atoms with Gasteiger partial charge in [-0.05, 0) is 122 Å². The monoisotopic (exact) mass is 548 g/mol. The Hall–Kier alpha value is -2.83. The number of halogens is 1. The highest BCUT2D eigenvalue weighted by Gasteiger charge is 2.48. The minimum Gasteiger partial charge on any atom is -0.325 e. The number of carbonyl (C=O) groups excluding carboxylic acids is 1. The molecule has 7 heteroatoms. The fraction of sp³-hybridized carbons (Fsp3) is 0.387. The summed E-state index contributed by atoms with van der Waals surface area (Å²) in [4.78, 5) is 13.3. The van der Waals surface area contributed by atoms with E-state index in [1.807, 2.05) is 31.2 Å². The molecule has 1 N–H and O–H groups in total. The van der Waals surface area contributed by atoms with Crippen molar-refractivity contribution in [3.63, 3.8) is 0 Å². The standard InChI is InChI=1S/C31H33ClN2O3S/c1-20-4-2-3-5-29(20)34(38(36,37)28-12-8-26(32)9-13-28)19-30(35)33-27-10-6-23(7-11-27)31-24-15-21-14-22(17-24)18-25(31)16-21/h2-13,21-22,24-25,31H,14-19H2,1H3,(H,33,35). The lowest BCUT2D eigenvalue weighted by Crippen LogP contribution is -2.43. The van der Waals surface area contributed by atoms with Gasteiger partial charge in [0.1, 0.15) is 6.54 Å². The Morgan fingerprint density at radius 1 is 0.868 bits per heavy atom. The maximum Gasteiger partial charge on any atom is 0.264 e. The zero-order valence-corrected chi connectivity index (χ0v) is 23.1. The molecule has 0 aromatic heterocycles. The van der Waals surface area contributed by atoms with Crippen molar-refractivity contribution in [3.05, 3.63) is 88.9 Å². The Morgan fingerprint density at radius 3 is 2.08 bits per heavy atom. The molecule has 7 rings (SSSR count). The quantitative estimate of drug-likeness (QED) is 0.345. The van der Waals surface area contributed by atoms with Gasteiger partial charge in [0.25, 0.3) is 10.0 Å². The maximum absolute atomic E-state index is 13.6. The van der Waals surface area contributed by atoms with Crippen LogP contribution in [0.2, 0.25) is 5.02 Å². The maximum atomic E-state index is 13.6. The van der Waals surface area contributed by atoms with Gasteiger partial charge in [-0.25, -0.2) is 8.42 Å². The van der Waals surface area contributed by atoms with Gasteiger partial charge in [0.05, 0.1) is 10.6 Å². The lowest BCUT2D eigenvalue weighted by Gasteiger charge is -2.54. The van der Waals surface area contributed by atoms with E-state index >= 15 is 0 Å². The molecule has 198 valence electrons. The molecule has 3 aromatic rings. The van der Waals surface area contributed by atoms with Gasteiger partial charge in [0.2, 0.25) is 5.91 Å². The van der Waals surface area contributed by atoms with Gasteiger partial charge in [0, 0.05) is 10.7 Å². The Kier molecular flexibility index (Phi) is 6.73. The zero-order chi connectivity index (χ0) is 26.4. The summed E-state index contributed by atoms with van der Waals surface area (Å²) in [5, 5.41) is 3.37. The lowest BCUT2D eigenvalue weighted by atomic mass is 9.51. The number of rotatable bonds is 7. The van der Waals surface area contributed by atoms with Crippen LogP contribution < -0.4 is 9.62 Å². The molecule has 4 saturated carbocycles. The van der Waals surface area contributed by atoms with E-state index in [1.165, 1.54) is 66.2 Å². The van der Waals surface area contributed by atoms with Gasteiger partial charge >= 0.3 is 0 Å². The Morgan fingerprint density at radius 2 is 1.47 bits per heavy atom. The van der Waals surface area contributed by atoms with Crippen LogP contribution in [0.1, 0.15) is 49.1 Å². The largest absolute Gasteiger partial charge is 0.325 e. The van der Waals surface area contributed by atoms with Gasteiger partial charge in [0.15, 0.2) is 0 Å². The molecule has 0 spiro atoms. The van der Waals surface area contributed by atoms with Crippen molar-refractivity contribution in [3.8, 4) is 0 Å². The first-order valence-corrected chi connectivity index (χ1v) is 15.3. The minimum atomic E-state index is -4.00. The average Bonchev–Trinajstić information content (AvgIpc) is 2.88. The van der Waals surface area contributed by atoms with E-state index in [-0.39, 0.29) is 11.4 Å². The smallest absolute Gasteiger partial charge is 0.264 e. The van der Waals surface area contributed by atoms with Crippen LogP contribution in [0.15, 0.2) is 77.7 Å². The highest BCUT2D eigenvalue weighted by atomic mass is 35.5. The number of hydrogen-bond donors (Lipinski definition) is 1. The minimum absolute atomic E-state index is 0.0815. The number of carbonyl (C=O) groups is 1. The van der Waals surface area contributed by atoms with E-state index in [9.17, 15) is 13.2 Å². The van der Waals surface area contributed by atoms with Crippen LogP contribution in [0.4, 0.5) is 11.4 Å². The first-order valence-electron chi connectivity index (χ1n) is 13.5. The fourth-order valence-corrected chi connectivity index (χ4v) is 9.08. The highest BCUT2D eigenvalue weighted by molar-refractivity contribution is 7.92. The third kappa shape index (κ3) is 4.85. The molecular weight excluding hydrogens is 516 g/mol. The summed E-state index contributed by atoms with van der Waals surface area (Å²) in [5.74, 6) is 3.71. The second-order valence-electron chi connectivity index (χ2n) is 11.4. The number of amides is 1. The second kappa shape index (κ2) is 10.0. The summed E-state index contributed by atoms with van der Waals surface area (Å²) < 4.78 is 28.4. The Balaban J connectivity index is 1.20. The fourth-order valence-electron chi connectivity index (χ4n) is 7.47. The van der Waals surface area contributed by atoms with Gasteiger partial charge in [-0.1, -0.05) is 41.9 Å². The summed E-state index contributed by atoms with van der Waals surface area (Å²) in [5.41, 5.74) is 3.28. The number of benzene rings is 3. The van der Waals surface area contributed by atoms with Gasteiger partial charge < -0.3 is 5.32 Å². The predicted molar refractivity (Wildman–Crippen MR) is 152 cm³/mol. The van der Waals surface area contributed by atoms with E-state index in [0.29, 0.717) is 22.3 Å². The van der Waals surface area contributed by atoms with Crippen LogP contribution in [0.3, 0.4) is 0 Å². The highest BCUT2D eigenvalue weighted by Crippen LogP contribution is 2.59. The van der Waals surface area contributed by atoms with Crippen molar-refractivity contribution in [2.75, 3.05) is 16.2 Å². The van der Waals surface area contributed by atoms with Gasteiger partial charge in [-0.2, -0.15) is 0 Å². The molecule has 0 aliphatic heterocycles. The third-order valence-corrected chi connectivity index (χ3v) is 10.9. The zero-order valence-electron chi connectivity index (χ0n) is 21.5. The van der Waals surface area contributed by atoms with Crippen LogP contribution >= 0.6 is 11.6 Å². The second-order valence-corrected chi connectivity index (χ2v) is 13.7. The molecule has 4 fully saturated rings. The van der Waals surface area contributed by atoms with Crippen molar-refractivity contribution in [1.29, 1.82) is 0 Å². The predicted octanol–water partition coefficient (Wildman–Crippen LogP) is 7.02. The number of nitrogens with zero attached hydrogens (tertiary/aromatic N) is 1. The summed E-state index contributed by atoms with van der Waals surface area (Å²) in [6, 6.07) is 21.4. The SMILES string of the molecule is Cc1ccccc1N(CC(=O)Nc1ccc(C2C3CC4CC(C3)CC2C4)cc1)S(=O)(=O)c1ccc(Cl)cc1. The van der Waals surface area contributed by atoms with Crippen LogP contribution in [0.25, 0.3) is 0 Å². The molecule has 4 aliphatic rings. The molecule has 4 bridgehead atoms. The number of aryl methyl sites for hydroxylation is 1. The van der Waals surface area contributed by atoms with Crippen molar-refractivity contribution < 1.29 is 13.2 Å². The van der Waals surface area contributed by atoms with Crippen LogP contribution in [0, 0.1) is 30.6 Å². The van der Waals surface area contributed by atoms with E-state index in [4.69, 9.17) is 11.6 Å². The summed E-state index contributed by atoms with van der Waals surface area (Å²) >= 11 is 5.98. The van der Waals surface area contributed by atoms with E-state index < -0.39 is 15.9 Å². The van der Waals surface area contributed by atoms with E-state index in [2.05, 4.69) is 17.4 Å². The van der Waals surface area contributed by atoms with Crippen LogP contribution in [-0.4, -0.2) is 20.9 Å². The number of sulfonamides is 1. The molecule has 0 saturated heterocycles. The van der Waals surface area contributed by atoms with Gasteiger partial charge in [-0.15, -0.1) is 0 Å². The number of para-hydroxylation sites is 1. The normalized spacial score (nSPS) is 25.8. The average molecular weight is 549 g/mol. The topological polar surface area (TPSA) is 66.5 Å². The van der Waals surface area contributed by atoms with Gasteiger partial charge in [-0.3, -0.25) is 9.10 Å². The van der Waals surface area contributed by atoms with Crippen molar-refractivity contribution in [2.24, 2.45) is 23.7 Å². The van der Waals surface area contributed by atoms with Crippen molar-refractivity contribution >= 4 is 38.9 Å². The molecule has 3 aromatic carbocycles. The van der Waals surface area contributed by atoms with E-state index in [0.717, 1.165) is 29.2 Å². The first-order chi connectivity index (χ1) is 18.3. The Labute approximate surface area is 230 Å². The molecular formula is C31H33ClN2O3S. The molecule has 0 radical (unpaired) electrons. The van der Waals surface area contributed by atoms with Crippen LogP contribution in [-0.2, 0) is 14.8 Å². The molecule has 4 aliphatic carbocycles.